The number of hydrogen-bond acceptors (Lipinski definition) is 4. The fourth-order valence-electron chi connectivity index (χ4n) is 3.36. The maximum Gasteiger partial charge on any atom is 0.248 e. The molecule has 0 radical (unpaired) electrons. The van der Waals surface area contributed by atoms with Gasteiger partial charge in [0.05, 0.1) is 28.7 Å². The summed E-state index contributed by atoms with van der Waals surface area (Å²) in [6.45, 7) is 2.13. The predicted molar refractivity (Wildman–Crippen MR) is 122 cm³/mol. The van der Waals surface area contributed by atoms with E-state index in [1.165, 1.54) is 17.8 Å². The van der Waals surface area contributed by atoms with Crippen LogP contribution in [0.4, 0.5) is 5.69 Å². The average Bonchev–Trinajstić information content (AvgIpc) is 3.12. The minimum Gasteiger partial charge on any atom is -0.321 e. The van der Waals surface area contributed by atoms with Gasteiger partial charge in [-0.2, -0.15) is 0 Å². The highest BCUT2D eigenvalue weighted by Crippen LogP contribution is 2.30. The summed E-state index contributed by atoms with van der Waals surface area (Å²) in [5, 5.41) is 1.45. The molecule has 1 N–H and O–H groups in total. The summed E-state index contributed by atoms with van der Waals surface area (Å²) >= 11 is 13.9. The molecule has 8 heteroatoms. The third-order valence-electron chi connectivity index (χ3n) is 4.81. The number of carbonyl (C=O) groups is 1. The van der Waals surface area contributed by atoms with Gasteiger partial charge in [-0.3, -0.25) is 14.6 Å². The SMILES string of the molecule is CC1N=CSC1C(=O)N(Cc1cc(=O)[nH]c2c(Cl)cccc12)c1cccc(Cl)c1. The highest BCUT2D eigenvalue weighted by atomic mass is 35.5. The number of amides is 1. The number of fused-ring (bicyclic) bond motifs is 1. The number of benzene rings is 2. The quantitative estimate of drug-likeness (QED) is 0.620. The first-order valence-electron chi connectivity index (χ1n) is 8.98. The van der Waals surface area contributed by atoms with Crippen molar-refractivity contribution >= 4 is 63.0 Å². The van der Waals surface area contributed by atoms with E-state index >= 15 is 0 Å². The zero-order valence-electron chi connectivity index (χ0n) is 15.4. The van der Waals surface area contributed by atoms with Crippen LogP contribution in [0, 0.1) is 0 Å². The molecule has 0 saturated heterocycles. The molecule has 0 aliphatic carbocycles. The third kappa shape index (κ3) is 4.06. The molecule has 0 spiro atoms. The molecule has 1 amide bonds. The number of nitrogens with zero attached hydrogens (tertiary/aromatic N) is 2. The van der Waals surface area contributed by atoms with Crippen LogP contribution in [0.15, 0.2) is 58.3 Å². The summed E-state index contributed by atoms with van der Waals surface area (Å²) in [5.41, 5.74) is 3.37. The Morgan fingerprint density at radius 3 is 2.72 bits per heavy atom. The summed E-state index contributed by atoms with van der Waals surface area (Å²) in [6, 6.07) is 13.9. The van der Waals surface area contributed by atoms with Crippen LogP contribution in [0.1, 0.15) is 12.5 Å². The Balaban J connectivity index is 1.81. The van der Waals surface area contributed by atoms with Crippen LogP contribution >= 0.6 is 35.0 Å². The van der Waals surface area contributed by atoms with Crippen molar-refractivity contribution in [3.8, 4) is 0 Å². The molecule has 0 saturated carbocycles. The lowest BCUT2D eigenvalue weighted by Gasteiger charge is -2.27. The van der Waals surface area contributed by atoms with Gasteiger partial charge < -0.3 is 9.88 Å². The van der Waals surface area contributed by atoms with E-state index in [-0.39, 0.29) is 29.3 Å². The van der Waals surface area contributed by atoms with Crippen LogP contribution in [-0.2, 0) is 11.3 Å². The highest BCUT2D eigenvalue weighted by Gasteiger charge is 2.33. The molecule has 1 aliphatic rings. The second-order valence-electron chi connectivity index (χ2n) is 6.78. The van der Waals surface area contributed by atoms with E-state index in [9.17, 15) is 9.59 Å². The van der Waals surface area contributed by atoms with E-state index in [0.717, 1.165) is 5.39 Å². The Morgan fingerprint density at radius 2 is 2.00 bits per heavy atom. The van der Waals surface area contributed by atoms with Crippen LogP contribution in [0.3, 0.4) is 0 Å². The summed E-state index contributed by atoms with van der Waals surface area (Å²) < 4.78 is 0. The molecule has 5 nitrogen and oxygen atoms in total. The molecule has 29 heavy (non-hydrogen) atoms. The largest absolute Gasteiger partial charge is 0.321 e. The maximum absolute atomic E-state index is 13.4. The summed E-state index contributed by atoms with van der Waals surface area (Å²) in [7, 11) is 0. The molecular weight excluding hydrogens is 429 g/mol. The number of H-pyrrole nitrogens is 1. The number of halogens is 2. The Bertz CT molecular complexity index is 1180. The number of hydrogen-bond donors (Lipinski definition) is 1. The Kier molecular flexibility index (Phi) is 5.67. The molecule has 2 atom stereocenters. The Morgan fingerprint density at radius 1 is 1.21 bits per heavy atom. The van der Waals surface area contributed by atoms with Gasteiger partial charge in [-0.05, 0) is 36.8 Å². The van der Waals surface area contributed by atoms with Crippen molar-refractivity contribution < 1.29 is 4.79 Å². The predicted octanol–water partition coefficient (Wildman–Crippen LogP) is 4.90. The topological polar surface area (TPSA) is 65.5 Å². The van der Waals surface area contributed by atoms with E-state index in [2.05, 4.69) is 9.98 Å². The van der Waals surface area contributed by atoms with Crippen molar-refractivity contribution in [1.29, 1.82) is 0 Å². The average molecular weight is 446 g/mol. The molecule has 0 fully saturated rings. The number of anilines is 1. The van der Waals surface area contributed by atoms with Gasteiger partial charge >= 0.3 is 0 Å². The van der Waals surface area contributed by atoms with E-state index < -0.39 is 0 Å². The number of pyridine rings is 1. The molecular formula is C21H17Cl2N3O2S. The lowest BCUT2D eigenvalue weighted by molar-refractivity contribution is -0.118. The maximum atomic E-state index is 13.4. The molecule has 4 rings (SSSR count). The van der Waals surface area contributed by atoms with Crippen molar-refractivity contribution in [2.45, 2.75) is 24.8 Å². The molecule has 0 bridgehead atoms. The lowest BCUT2D eigenvalue weighted by Crippen LogP contribution is -2.40. The normalized spacial score (nSPS) is 18.3. The van der Waals surface area contributed by atoms with Crippen LogP contribution < -0.4 is 10.5 Å². The number of nitrogens with one attached hydrogen (secondary N) is 1. The Hall–Kier alpha value is -2.28. The van der Waals surface area contributed by atoms with Gasteiger partial charge in [-0.15, -0.1) is 0 Å². The van der Waals surface area contributed by atoms with Gasteiger partial charge in [0.15, 0.2) is 0 Å². The van der Waals surface area contributed by atoms with Crippen LogP contribution in [0.5, 0.6) is 0 Å². The lowest BCUT2D eigenvalue weighted by atomic mass is 10.1. The van der Waals surface area contributed by atoms with Gasteiger partial charge in [0.25, 0.3) is 0 Å². The van der Waals surface area contributed by atoms with E-state index in [1.807, 2.05) is 25.1 Å². The molecule has 1 aromatic heterocycles. The minimum atomic E-state index is -0.328. The zero-order valence-corrected chi connectivity index (χ0v) is 17.8. The third-order valence-corrected chi connectivity index (χ3v) is 6.49. The van der Waals surface area contributed by atoms with Gasteiger partial charge in [0, 0.05) is 22.2 Å². The minimum absolute atomic E-state index is 0.0854. The monoisotopic (exact) mass is 445 g/mol. The molecule has 3 aromatic rings. The molecule has 2 aromatic carbocycles. The van der Waals surface area contributed by atoms with Crippen molar-refractivity contribution in [2.24, 2.45) is 4.99 Å². The number of carbonyl (C=O) groups excluding carboxylic acids is 1. The van der Waals surface area contributed by atoms with Crippen molar-refractivity contribution in [3.05, 3.63) is 74.5 Å². The fourth-order valence-corrected chi connectivity index (χ4v) is 4.70. The van der Waals surface area contributed by atoms with Crippen molar-refractivity contribution in [3.63, 3.8) is 0 Å². The second kappa shape index (κ2) is 8.22. The first kappa shape index (κ1) is 20.0. The van der Waals surface area contributed by atoms with Crippen LogP contribution in [0.25, 0.3) is 10.9 Å². The van der Waals surface area contributed by atoms with Gasteiger partial charge in [-0.25, -0.2) is 0 Å². The fraction of sp³-hybridized carbons (Fsp3) is 0.190. The van der Waals surface area contributed by atoms with Crippen LogP contribution in [-0.4, -0.2) is 27.7 Å². The standard InChI is InChI=1S/C21H17Cl2N3O2S/c1-12-20(29-11-24-12)21(28)26(15-5-2-4-14(22)9-15)10-13-8-18(27)25-19-16(13)6-3-7-17(19)23/h2-9,11-12,20H,10H2,1H3,(H,25,27). The Labute approximate surface area is 181 Å². The van der Waals surface area contributed by atoms with E-state index in [0.29, 0.717) is 26.8 Å². The number of aliphatic imine (C=N–C) groups is 1. The van der Waals surface area contributed by atoms with E-state index in [1.54, 1.807) is 34.7 Å². The number of para-hydroxylation sites is 1. The highest BCUT2D eigenvalue weighted by molar-refractivity contribution is 8.13. The van der Waals surface area contributed by atoms with Gasteiger partial charge in [-0.1, -0.05) is 53.2 Å². The number of aromatic amines is 1. The number of rotatable bonds is 4. The van der Waals surface area contributed by atoms with Gasteiger partial charge in [0.1, 0.15) is 5.25 Å². The van der Waals surface area contributed by atoms with E-state index in [4.69, 9.17) is 23.2 Å². The summed E-state index contributed by atoms with van der Waals surface area (Å²) in [5.74, 6) is -0.0854. The number of aromatic nitrogens is 1. The van der Waals surface area contributed by atoms with Crippen LogP contribution in [0.2, 0.25) is 10.0 Å². The molecule has 2 unspecified atom stereocenters. The summed E-state index contributed by atoms with van der Waals surface area (Å²) in [4.78, 5) is 34.4. The zero-order chi connectivity index (χ0) is 20.5. The molecule has 148 valence electrons. The first-order chi connectivity index (χ1) is 13.9. The molecule has 1 aliphatic heterocycles. The smallest absolute Gasteiger partial charge is 0.248 e. The van der Waals surface area contributed by atoms with Crippen molar-refractivity contribution in [1.82, 2.24) is 4.98 Å². The molecule has 2 heterocycles. The number of thioether (sulfide) groups is 1. The summed E-state index contributed by atoms with van der Waals surface area (Å²) in [6.07, 6.45) is 0. The first-order valence-corrected chi connectivity index (χ1v) is 10.7. The van der Waals surface area contributed by atoms with Crippen molar-refractivity contribution in [2.75, 3.05) is 4.90 Å². The second-order valence-corrected chi connectivity index (χ2v) is 8.61. The van der Waals surface area contributed by atoms with Gasteiger partial charge in [0.2, 0.25) is 11.5 Å².